The molecule has 112 valence electrons. The van der Waals surface area contributed by atoms with E-state index in [2.05, 4.69) is 5.32 Å². The first kappa shape index (κ1) is 16.3. The van der Waals surface area contributed by atoms with E-state index < -0.39 is 5.60 Å². The zero-order valence-electron chi connectivity index (χ0n) is 12.6. The number of carbonyl (C=O) groups excluding carboxylic acids is 1. The number of ether oxygens (including phenoxy) is 1. The summed E-state index contributed by atoms with van der Waals surface area (Å²) in [5, 5.41) is 12.9. The second-order valence-corrected chi connectivity index (χ2v) is 5.73. The van der Waals surface area contributed by atoms with E-state index in [0.29, 0.717) is 29.3 Å². The SMILES string of the molecule is COc1ccc(C(=O)NCC(C)(O)CC(C)C)c(N)c1. The maximum absolute atomic E-state index is 12.1. The summed E-state index contributed by atoms with van der Waals surface area (Å²) < 4.78 is 5.04. The Kier molecular flexibility index (Phi) is 5.39. The van der Waals surface area contributed by atoms with Crippen LogP contribution in [0.25, 0.3) is 0 Å². The van der Waals surface area contributed by atoms with Gasteiger partial charge in [0.25, 0.3) is 5.91 Å². The van der Waals surface area contributed by atoms with Crippen LogP contribution in [-0.2, 0) is 0 Å². The predicted octanol–water partition coefficient (Wildman–Crippen LogP) is 1.80. The van der Waals surface area contributed by atoms with E-state index in [1.165, 1.54) is 7.11 Å². The summed E-state index contributed by atoms with van der Waals surface area (Å²) in [6, 6.07) is 4.89. The molecule has 0 bridgehead atoms. The molecule has 1 unspecified atom stereocenters. The number of carbonyl (C=O) groups is 1. The van der Waals surface area contributed by atoms with Crippen molar-refractivity contribution in [3.05, 3.63) is 23.8 Å². The molecule has 0 radical (unpaired) electrons. The number of anilines is 1. The minimum absolute atomic E-state index is 0.190. The first-order valence-electron chi connectivity index (χ1n) is 6.69. The van der Waals surface area contributed by atoms with Gasteiger partial charge in [0.2, 0.25) is 0 Å². The minimum Gasteiger partial charge on any atom is -0.497 e. The van der Waals surface area contributed by atoms with Crippen molar-refractivity contribution < 1.29 is 14.6 Å². The van der Waals surface area contributed by atoms with Gasteiger partial charge in [0.05, 0.1) is 18.3 Å². The van der Waals surface area contributed by atoms with E-state index in [4.69, 9.17) is 10.5 Å². The highest BCUT2D eigenvalue weighted by Gasteiger charge is 2.23. The number of amides is 1. The van der Waals surface area contributed by atoms with Gasteiger partial charge in [0.15, 0.2) is 0 Å². The molecule has 1 aromatic rings. The fourth-order valence-electron chi connectivity index (χ4n) is 2.19. The number of hydrogen-bond donors (Lipinski definition) is 3. The lowest BCUT2D eigenvalue weighted by Crippen LogP contribution is -2.41. The second-order valence-electron chi connectivity index (χ2n) is 5.73. The summed E-state index contributed by atoms with van der Waals surface area (Å²) in [5.74, 6) is 0.660. The van der Waals surface area contributed by atoms with Gasteiger partial charge in [0.1, 0.15) is 5.75 Å². The number of hydrogen-bond acceptors (Lipinski definition) is 4. The van der Waals surface area contributed by atoms with Gasteiger partial charge in [-0.2, -0.15) is 0 Å². The van der Waals surface area contributed by atoms with Crippen LogP contribution < -0.4 is 15.8 Å². The summed E-state index contributed by atoms with van der Waals surface area (Å²) in [5.41, 5.74) is 5.62. The van der Waals surface area contributed by atoms with E-state index in [1.54, 1.807) is 25.1 Å². The monoisotopic (exact) mass is 280 g/mol. The zero-order valence-corrected chi connectivity index (χ0v) is 12.6. The van der Waals surface area contributed by atoms with Crippen LogP contribution in [-0.4, -0.2) is 30.3 Å². The van der Waals surface area contributed by atoms with Gasteiger partial charge in [0, 0.05) is 18.3 Å². The molecule has 4 N–H and O–H groups in total. The highest BCUT2D eigenvalue weighted by molar-refractivity contribution is 5.99. The third-order valence-corrected chi connectivity index (χ3v) is 2.98. The van der Waals surface area contributed by atoms with Gasteiger partial charge in [-0.15, -0.1) is 0 Å². The molecule has 1 atom stereocenters. The third kappa shape index (κ3) is 4.74. The summed E-state index contributed by atoms with van der Waals surface area (Å²) in [4.78, 5) is 12.1. The van der Waals surface area contributed by atoms with E-state index in [0.717, 1.165) is 0 Å². The van der Waals surface area contributed by atoms with Gasteiger partial charge in [-0.05, 0) is 31.4 Å². The molecule has 0 saturated carbocycles. The van der Waals surface area contributed by atoms with Crippen molar-refractivity contribution in [2.45, 2.75) is 32.8 Å². The highest BCUT2D eigenvalue weighted by atomic mass is 16.5. The zero-order chi connectivity index (χ0) is 15.3. The Balaban J connectivity index is 2.68. The average molecular weight is 280 g/mol. The summed E-state index contributed by atoms with van der Waals surface area (Å²) in [7, 11) is 1.54. The van der Waals surface area contributed by atoms with Crippen molar-refractivity contribution in [1.29, 1.82) is 0 Å². The van der Waals surface area contributed by atoms with Crippen molar-refractivity contribution in [2.24, 2.45) is 5.92 Å². The van der Waals surface area contributed by atoms with Crippen LogP contribution in [0.2, 0.25) is 0 Å². The van der Waals surface area contributed by atoms with E-state index in [-0.39, 0.29) is 12.5 Å². The van der Waals surface area contributed by atoms with E-state index in [1.807, 2.05) is 13.8 Å². The number of aliphatic hydroxyl groups is 1. The lowest BCUT2D eigenvalue weighted by atomic mass is 9.94. The second kappa shape index (κ2) is 6.61. The normalized spacial score (nSPS) is 13.9. The van der Waals surface area contributed by atoms with E-state index in [9.17, 15) is 9.90 Å². The standard InChI is InChI=1S/C15H24N2O3/c1-10(2)8-15(3,19)9-17-14(18)12-6-5-11(20-4)7-13(12)16/h5-7,10,19H,8-9,16H2,1-4H3,(H,17,18). The quantitative estimate of drug-likeness (QED) is 0.694. The lowest BCUT2D eigenvalue weighted by molar-refractivity contribution is 0.0368. The molecule has 0 aliphatic heterocycles. The van der Waals surface area contributed by atoms with Crippen molar-refractivity contribution >= 4 is 11.6 Å². The lowest BCUT2D eigenvalue weighted by Gasteiger charge is -2.25. The molecular weight excluding hydrogens is 256 g/mol. The molecule has 5 heteroatoms. The largest absolute Gasteiger partial charge is 0.497 e. The summed E-state index contributed by atoms with van der Waals surface area (Å²) in [6.07, 6.45) is 0.616. The van der Waals surface area contributed by atoms with Gasteiger partial charge >= 0.3 is 0 Å². The van der Waals surface area contributed by atoms with Crippen LogP contribution in [0.4, 0.5) is 5.69 Å². The molecule has 5 nitrogen and oxygen atoms in total. The number of nitrogen functional groups attached to an aromatic ring is 1. The molecule has 0 spiro atoms. The van der Waals surface area contributed by atoms with Crippen LogP contribution in [0.15, 0.2) is 18.2 Å². The van der Waals surface area contributed by atoms with Crippen LogP contribution in [0.5, 0.6) is 5.75 Å². The fraction of sp³-hybridized carbons (Fsp3) is 0.533. The van der Waals surface area contributed by atoms with Crippen molar-refractivity contribution in [3.8, 4) is 5.75 Å². The molecule has 1 aromatic carbocycles. The maximum atomic E-state index is 12.1. The topological polar surface area (TPSA) is 84.6 Å². The van der Waals surface area contributed by atoms with E-state index >= 15 is 0 Å². The van der Waals surface area contributed by atoms with Crippen LogP contribution in [0.3, 0.4) is 0 Å². The van der Waals surface area contributed by atoms with Crippen molar-refractivity contribution in [3.63, 3.8) is 0 Å². The Morgan fingerprint density at radius 3 is 2.65 bits per heavy atom. The summed E-state index contributed by atoms with van der Waals surface area (Å²) >= 11 is 0. The van der Waals surface area contributed by atoms with Gasteiger partial charge in [-0.25, -0.2) is 0 Å². The molecule has 1 amide bonds. The maximum Gasteiger partial charge on any atom is 0.253 e. The van der Waals surface area contributed by atoms with Crippen molar-refractivity contribution in [2.75, 3.05) is 19.4 Å². The molecule has 0 aliphatic carbocycles. The molecule has 1 rings (SSSR count). The number of benzene rings is 1. The van der Waals surface area contributed by atoms with Gasteiger partial charge in [-0.3, -0.25) is 4.79 Å². The predicted molar refractivity (Wildman–Crippen MR) is 79.8 cm³/mol. The highest BCUT2D eigenvalue weighted by Crippen LogP contribution is 2.20. The first-order valence-corrected chi connectivity index (χ1v) is 6.69. The average Bonchev–Trinajstić information content (AvgIpc) is 2.34. The molecule has 0 aliphatic rings. The Hall–Kier alpha value is -1.75. The van der Waals surface area contributed by atoms with Gasteiger partial charge in [-0.1, -0.05) is 13.8 Å². The molecule has 0 aromatic heterocycles. The fourth-order valence-corrected chi connectivity index (χ4v) is 2.19. The first-order chi connectivity index (χ1) is 9.25. The van der Waals surface area contributed by atoms with Gasteiger partial charge < -0.3 is 20.9 Å². The number of nitrogens with one attached hydrogen (secondary N) is 1. The molecule has 0 heterocycles. The van der Waals surface area contributed by atoms with Crippen molar-refractivity contribution in [1.82, 2.24) is 5.32 Å². The Labute approximate surface area is 120 Å². The minimum atomic E-state index is -0.926. The smallest absolute Gasteiger partial charge is 0.253 e. The molecular formula is C15H24N2O3. The van der Waals surface area contributed by atoms with Crippen LogP contribution >= 0.6 is 0 Å². The number of methoxy groups -OCH3 is 1. The molecule has 0 fully saturated rings. The van der Waals surface area contributed by atoms with Crippen LogP contribution in [0, 0.1) is 5.92 Å². The van der Waals surface area contributed by atoms with Crippen LogP contribution in [0.1, 0.15) is 37.6 Å². The molecule has 20 heavy (non-hydrogen) atoms. The Bertz CT molecular complexity index is 470. The number of nitrogens with two attached hydrogens (primary N) is 1. The number of rotatable bonds is 6. The summed E-state index contributed by atoms with van der Waals surface area (Å²) in [6.45, 7) is 5.95. The Morgan fingerprint density at radius 2 is 2.15 bits per heavy atom. The molecule has 0 saturated heterocycles. The Morgan fingerprint density at radius 1 is 1.50 bits per heavy atom. The third-order valence-electron chi connectivity index (χ3n) is 2.98.